The molecule has 1 aliphatic rings. The van der Waals surface area contributed by atoms with E-state index in [0.29, 0.717) is 48.9 Å². The van der Waals surface area contributed by atoms with Gasteiger partial charge in [0.15, 0.2) is 0 Å². The third-order valence-corrected chi connectivity index (χ3v) is 6.85. The fourth-order valence-electron chi connectivity index (χ4n) is 4.70. The Morgan fingerprint density at radius 1 is 1.29 bits per heavy atom. The largest absolute Gasteiger partial charge is 0.508 e. The Balaban J connectivity index is 1.64. The molecule has 0 saturated carbocycles. The zero-order valence-corrected chi connectivity index (χ0v) is 21.7. The molecule has 5 rings (SSSR count). The maximum atomic E-state index is 10.7. The van der Waals surface area contributed by atoms with Crippen LogP contribution in [0.4, 0.5) is 11.4 Å². The van der Waals surface area contributed by atoms with Crippen molar-refractivity contribution in [3.05, 3.63) is 65.6 Å². The van der Waals surface area contributed by atoms with Crippen molar-refractivity contribution in [2.45, 2.75) is 38.8 Å². The number of aliphatic imine (C=N–C) groups is 1. The molecule has 198 valence electrons. The van der Waals surface area contributed by atoms with Gasteiger partial charge in [-0.25, -0.2) is 14.5 Å². The van der Waals surface area contributed by atoms with Gasteiger partial charge in [0.25, 0.3) is 0 Å². The molecular weight excluding hydrogens is 484 g/mol. The normalized spacial score (nSPS) is 18.1. The number of anilines is 1. The smallest absolute Gasteiger partial charge is 0.213 e. The fraction of sp³-hybridized carbons (Fsp3) is 0.321. The van der Waals surface area contributed by atoms with E-state index in [1.807, 2.05) is 32.2 Å². The number of aliphatic hydroxyl groups excluding tert-OH is 1. The van der Waals surface area contributed by atoms with Gasteiger partial charge in [0.05, 0.1) is 54.5 Å². The molecule has 4 heterocycles. The number of ether oxygens (including phenoxy) is 2. The molecule has 1 aromatic carbocycles. The summed E-state index contributed by atoms with van der Waals surface area (Å²) in [6, 6.07) is 8.59. The Hall–Kier alpha value is -4.15. The van der Waals surface area contributed by atoms with E-state index < -0.39 is 6.10 Å². The van der Waals surface area contributed by atoms with E-state index in [-0.39, 0.29) is 17.6 Å². The summed E-state index contributed by atoms with van der Waals surface area (Å²) in [5.41, 5.74) is 13.1. The molecule has 1 aliphatic heterocycles. The number of pyridine rings is 1. The van der Waals surface area contributed by atoms with E-state index in [1.165, 1.54) is 0 Å². The molecule has 0 unspecified atom stereocenters. The van der Waals surface area contributed by atoms with Gasteiger partial charge in [0.1, 0.15) is 11.6 Å². The van der Waals surface area contributed by atoms with Crippen LogP contribution in [-0.4, -0.2) is 63.1 Å². The summed E-state index contributed by atoms with van der Waals surface area (Å²) in [7, 11) is 1.59. The number of nitrogens with zero attached hydrogens (tertiary/aromatic N) is 4. The van der Waals surface area contributed by atoms with E-state index in [4.69, 9.17) is 20.2 Å². The Kier molecular flexibility index (Phi) is 7.17. The predicted octanol–water partition coefficient (Wildman–Crippen LogP) is 3.58. The molecule has 10 nitrogen and oxygen atoms in total. The molecule has 0 bridgehead atoms. The standard InChI is InChI=1S/C28H32N6O4/c1-4-17-10-19(35)5-6-22(17)33-28(29)21-13-31-34-14-18(20-12-30-26(37-3)9-16(20)2)11-24(34)27(21)32-23-15-38-8-7-25(23)36/h5-6,9-14,23,25,32,35-36H,4,7-8,15H2,1-3H3,(H2,29,33)/t23-,25-/m1/s1. The second kappa shape index (κ2) is 10.7. The number of fused-ring (bicyclic) bond motifs is 1. The molecule has 4 aromatic rings. The second-order valence-electron chi connectivity index (χ2n) is 9.38. The minimum absolute atomic E-state index is 0.181. The number of aromatic hydroxyl groups is 1. The molecule has 0 spiro atoms. The first-order valence-electron chi connectivity index (χ1n) is 12.6. The number of aliphatic hydroxyl groups is 1. The lowest BCUT2D eigenvalue weighted by Gasteiger charge is -2.30. The maximum Gasteiger partial charge on any atom is 0.213 e. The molecule has 1 saturated heterocycles. The van der Waals surface area contributed by atoms with Crippen LogP contribution >= 0.6 is 0 Å². The number of aromatic nitrogens is 3. The van der Waals surface area contributed by atoms with Gasteiger partial charge < -0.3 is 30.7 Å². The number of aryl methyl sites for hydroxylation is 2. The number of methoxy groups -OCH3 is 1. The van der Waals surface area contributed by atoms with Gasteiger partial charge in [-0.15, -0.1) is 0 Å². The first-order valence-corrected chi connectivity index (χ1v) is 12.6. The summed E-state index contributed by atoms with van der Waals surface area (Å²) in [6.07, 6.45) is 6.02. The van der Waals surface area contributed by atoms with Crippen molar-refractivity contribution in [1.29, 1.82) is 0 Å². The summed E-state index contributed by atoms with van der Waals surface area (Å²) in [5.74, 6) is 0.994. The highest BCUT2D eigenvalue weighted by molar-refractivity contribution is 6.06. The van der Waals surface area contributed by atoms with Gasteiger partial charge in [-0.1, -0.05) is 6.92 Å². The molecule has 5 N–H and O–H groups in total. The molecule has 3 aromatic heterocycles. The van der Waals surface area contributed by atoms with Crippen molar-refractivity contribution in [2.75, 3.05) is 25.6 Å². The Morgan fingerprint density at radius 3 is 2.87 bits per heavy atom. The summed E-state index contributed by atoms with van der Waals surface area (Å²) >= 11 is 0. The van der Waals surface area contributed by atoms with Crippen LogP contribution in [0, 0.1) is 6.92 Å². The highest BCUT2D eigenvalue weighted by Crippen LogP contribution is 2.33. The maximum absolute atomic E-state index is 10.7. The molecule has 0 radical (unpaired) electrons. The van der Waals surface area contributed by atoms with Crippen molar-refractivity contribution in [3.63, 3.8) is 0 Å². The van der Waals surface area contributed by atoms with Crippen molar-refractivity contribution < 1.29 is 19.7 Å². The van der Waals surface area contributed by atoms with E-state index >= 15 is 0 Å². The second-order valence-corrected chi connectivity index (χ2v) is 9.38. The summed E-state index contributed by atoms with van der Waals surface area (Å²) < 4.78 is 12.7. The topological polar surface area (TPSA) is 140 Å². The number of hydrogen-bond donors (Lipinski definition) is 4. The van der Waals surface area contributed by atoms with Crippen molar-refractivity contribution in [3.8, 4) is 22.8 Å². The van der Waals surface area contributed by atoms with E-state index in [1.54, 1.807) is 42.2 Å². The quantitative estimate of drug-likeness (QED) is 0.216. The lowest BCUT2D eigenvalue weighted by molar-refractivity contribution is 0.00318. The monoisotopic (exact) mass is 516 g/mol. The van der Waals surface area contributed by atoms with Crippen molar-refractivity contribution in [1.82, 2.24) is 14.6 Å². The van der Waals surface area contributed by atoms with Crippen LogP contribution in [0.25, 0.3) is 16.6 Å². The van der Waals surface area contributed by atoms with Crippen LogP contribution in [-0.2, 0) is 11.2 Å². The van der Waals surface area contributed by atoms with Crippen LogP contribution in [0.5, 0.6) is 11.6 Å². The Morgan fingerprint density at radius 2 is 2.13 bits per heavy atom. The minimum Gasteiger partial charge on any atom is -0.508 e. The van der Waals surface area contributed by atoms with Gasteiger partial charge in [0.2, 0.25) is 5.88 Å². The van der Waals surface area contributed by atoms with Crippen LogP contribution in [0.2, 0.25) is 0 Å². The SMILES string of the molecule is CCc1cc(O)ccc1/N=C(\N)c1cnn2cc(-c3cnc(OC)cc3C)cc2c1N[C@@H]1COCC[C@H]1O. The first kappa shape index (κ1) is 25.5. The van der Waals surface area contributed by atoms with Gasteiger partial charge in [0, 0.05) is 36.2 Å². The highest BCUT2D eigenvalue weighted by atomic mass is 16.5. The molecule has 1 fully saturated rings. The number of rotatable bonds is 7. The number of benzene rings is 1. The average Bonchev–Trinajstić information content (AvgIpc) is 3.35. The van der Waals surface area contributed by atoms with E-state index in [2.05, 4.69) is 15.4 Å². The molecule has 2 atom stereocenters. The molecule has 10 heteroatoms. The highest BCUT2D eigenvalue weighted by Gasteiger charge is 2.26. The van der Waals surface area contributed by atoms with Crippen molar-refractivity contribution in [2.24, 2.45) is 10.7 Å². The summed E-state index contributed by atoms with van der Waals surface area (Å²) in [4.78, 5) is 9.07. The molecule has 38 heavy (non-hydrogen) atoms. The van der Waals surface area contributed by atoms with E-state index in [9.17, 15) is 10.2 Å². The summed E-state index contributed by atoms with van der Waals surface area (Å²) in [6.45, 7) is 4.87. The Labute approximate surface area is 220 Å². The van der Waals surface area contributed by atoms with Gasteiger partial charge in [-0.2, -0.15) is 5.10 Å². The lowest BCUT2D eigenvalue weighted by Crippen LogP contribution is -2.42. The number of phenols is 1. The van der Waals surface area contributed by atoms with Gasteiger partial charge >= 0.3 is 0 Å². The average molecular weight is 517 g/mol. The van der Waals surface area contributed by atoms with Crippen molar-refractivity contribution >= 4 is 22.7 Å². The third-order valence-electron chi connectivity index (χ3n) is 6.85. The fourth-order valence-corrected chi connectivity index (χ4v) is 4.70. The molecule has 0 aliphatic carbocycles. The number of phenolic OH excluding ortho intramolecular Hbond substituents is 1. The molecular formula is C28H32N6O4. The number of hydrogen-bond acceptors (Lipinski definition) is 8. The van der Waals surface area contributed by atoms with Gasteiger partial charge in [-0.3, -0.25) is 0 Å². The Bertz CT molecular complexity index is 1500. The van der Waals surface area contributed by atoms with Crippen LogP contribution in [0.1, 0.15) is 30.0 Å². The molecule has 0 amide bonds. The van der Waals surface area contributed by atoms with Crippen LogP contribution < -0.4 is 15.8 Å². The number of amidine groups is 1. The lowest BCUT2D eigenvalue weighted by atomic mass is 10.0. The first-order chi connectivity index (χ1) is 18.4. The number of nitrogens with two attached hydrogens (primary N) is 1. The van der Waals surface area contributed by atoms with Gasteiger partial charge in [-0.05, 0) is 55.2 Å². The van der Waals surface area contributed by atoms with E-state index in [0.717, 1.165) is 27.8 Å². The van der Waals surface area contributed by atoms with Crippen LogP contribution in [0.15, 0.2) is 53.9 Å². The summed E-state index contributed by atoms with van der Waals surface area (Å²) in [5, 5.41) is 28.6. The zero-order chi connectivity index (χ0) is 26.8. The van der Waals surface area contributed by atoms with Crippen LogP contribution in [0.3, 0.4) is 0 Å². The zero-order valence-electron chi connectivity index (χ0n) is 21.7. The third kappa shape index (κ3) is 5.00. The predicted molar refractivity (Wildman–Crippen MR) is 146 cm³/mol. The minimum atomic E-state index is -0.575. The number of nitrogens with one attached hydrogen (secondary N) is 1.